The summed E-state index contributed by atoms with van der Waals surface area (Å²) in [4.78, 5) is 2.58. The SMILES string of the molecule is CCN1CCC(CNC(CC(C)C)CC(C)C)CC1. The van der Waals surface area contributed by atoms with Crippen molar-refractivity contribution in [1.29, 1.82) is 0 Å². The lowest BCUT2D eigenvalue weighted by Gasteiger charge is -2.32. The molecule has 1 aliphatic heterocycles. The highest BCUT2D eigenvalue weighted by Gasteiger charge is 2.19. The van der Waals surface area contributed by atoms with Crippen molar-refractivity contribution in [3.8, 4) is 0 Å². The van der Waals surface area contributed by atoms with Gasteiger partial charge in [-0.2, -0.15) is 0 Å². The first kappa shape index (κ1) is 17.0. The second-order valence-corrected chi connectivity index (χ2v) is 7.24. The highest BCUT2D eigenvalue weighted by atomic mass is 15.1. The third-order valence-corrected chi connectivity index (χ3v) is 4.36. The van der Waals surface area contributed by atoms with Gasteiger partial charge in [0.1, 0.15) is 0 Å². The van der Waals surface area contributed by atoms with E-state index in [1.54, 1.807) is 0 Å². The zero-order chi connectivity index (χ0) is 14.3. The van der Waals surface area contributed by atoms with Gasteiger partial charge in [-0.15, -0.1) is 0 Å². The lowest BCUT2D eigenvalue weighted by molar-refractivity contribution is 0.184. The summed E-state index contributed by atoms with van der Waals surface area (Å²) in [6, 6.07) is 0.726. The molecule has 0 atom stereocenters. The molecular formula is C17H36N2. The van der Waals surface area contributed by atoms with Crippen LogP contribution < -0.4 is 5.32 Å². The number of nitrogens with one attached hydrogen (secondary N) is 1. The van der Waals surface area contributed by atoms with Crippen LogP contribution in [0.4, 0.5) is 0 Å². The molecule has 1 fully saturated rings. The van der Waals surface area contributed by atoms with Crippen LogP contribution in [0.2, 0.25) is 0 Å². The van der Waals surface area contributed by atoms with E-state index in [0.29, 0.717) is 0 Å². The van der Waals surface area contributed by atoms with Crippen LogP contribution in [-0.2, 0) is 0 Å². The Kier molecular flexibility index (Phi) is 8.01. The van der Waals surface area contributed by atoms with E-state index in [0.717, 1.165) is 23.8 Å². The molecule has 0 aromatic rings. The fraction of sp³-hybridized carbons (Fsp3) is 1.00. The minimum absolute atomic E-state index is 0.726. The number of nitrogens with zero attached hydrogens (tertiary/aromatic N) is 1. The lowest BCUT2D eigenvalue weighted by Crippen LogP contribution is -2.40. The van der Waals surface area contributed by atoms with Gasteiger partial charge >= 0.3 is 0 Å². The molecule has 0 bridgehead atoms. The maximum atomic E-state index is 3.87. The Morgan fingerprint density at radius 3 is 1.95 bits per heavy atom. The van der Waals surface area contributed by atoms with Gasteiger partial charge in [0.15, 0.2) is 0 Å². The van der Waals surface area contributed by atoms with Gasteiger partial charge in [0, 0.05) is 6.04 Å². The van der Waals surface area contributed by atoms with E-state index < -0.39 is 0 Å². The van der Waals surface area contributed by atoms with Gasteiger partial charge in [-0.05, 0) is 69.6 Å². The lowest BCUT2D eigenvalue weighted by atomic mass is 9.93. The predicted molar refractivity (Wildman–Crippen MR) is 85.5 cm³/mol. The third kappa shape index (κ3) is 7.31. The van der Waals surface area contributed by atoms with Crippen molar-refractivity contribution in [3.63, 3.8) is 0 Å². The molecule has 0 saturated carbocycles. The number of hydrogen-bond acceptors (Lipinski definition) is 2. The first-order valence-electron chi connectivity index (χ1n) is 8.47. The van der Waals surface area contributed by atoms with Crippen LogP contribution >= 0.6 is 0 Å². The van der Waals surface area contributed by atoms with E-state index in [1.165, 1.54) is 51.9 Å². The Hall–Kier alpha value is -0.0800. The zero-order valence-electron chi connectivity index (χ0n) is 13.9. The molecule has 0 aromatic carbocycles. The van der Waals surface area contributed by atoms with Gasteiger partial charge in [-0.1, -0.05) is 34.6 Å². The summed E-state index contributed by atoms with van der Waals surface area (Å²) in [5, 5.41) is 3.87. The predicted octanol–water partition coefficient (Wildman–Crippen LogP) is 3.77. The minimum Gasteiger partial charge on any atom is -0.314 e. The van der Waals surface area contributed by atoms with Gasteiger partial charge < -0.3 is 10.2 Å². The van der Waals surface area contributed by atoms with E-state index in [4.69, 9.17) is 0 Å². The Balaban J connectivity index is 2.27. The average Bonchev–Trinajstić information content (AvgIpc) is 2.35. The summed E-state index contributed by atoms with van der Waals surface area (Å²) in [6.07, 6.45) is 5.42. The Bertz CT molecular complexity index is 207. The highest BCUT2D eigenvalue weighted by Crippen LogP contribution is 2.18. The molecule has 2 heteroatoms. The second-order valence-electron chi connectivity index (χ2n) is 7.24. The fourth-order valence-corrected chi connectivity index (χ4v) is 3.24. The molecule has 1 saturated heterocycles. The Labute approximate surface area is 121 Å². The van der Waals surface area contributed by atoms with Crippen molar-refractivity contribution >= 4 is 0 Å². The molecule has 0 aromatic heterocycles. The molecule has 19 heavy (non-hydrogen) atoms. The van der Waals surface area contributed by atoms with Gasteiger partial charge in [0.25, 0.3) is 0 Å². The molecule has 0 radical (unpaired) electrons. The first-order valence-corrected chi connectivity index (χ1v) is 8.47. The number of piperidine rings is 1. The molecule has 0 aliphatic carbocycles. The summed E-state index contributed by atoms with van der Waals surface area (Å²) in [6.45, 7) is 16.7. The molecular weight excluding hydrogens is 232 g/mol. The van der Waals surface area contributed by atoms with Crippen LogP contribution in [0.3, 0.4) is 0 Å². The summed E-state index contributed by atoms with van der Waals surface area (Å²) in [7, 11) is 0. The molecule has 1 N–H and O–H groups in total. The van der Waals surface area contributed by atoms with Gasteiger partial charge in [0.2, 0.25) is 0 Å². The molecule has 0 amide bonds. The van der Waals surface area contributed by atoms with Crippen LogP contribution in [-0.4, -0.2) is 37.1 Å². The summed E-state index contributed by atoms with van der Waals surface area (Å²) < 4.78 is 0. The molecule has 0 unspecified atom stereocenters. The van der Waals surface area contributed by atoms with Crippen molar-refractivity contribution in [2.75, 3.05) is 26.2 Å². The third-order valence-electron chi connectivity index (χ3n) is 4.36. The molecule has 1 rings (SSSR count). The van der Waals surface area contributed by atoms with Gasteiger partial charge in [-0.3, -0.25) is 0 Å². The van der Waals surface area contributed by atoms with E-state index >= 15 is 0 Å². The molecule has 114 valence electrons. The molecule has 0 spiro atoms. The van der Waals surface area contributed by atoms with Crippen LogP contribution in [0.1, 0.15) is 60.3 Å². The monoisotopic (exact) mass is 268 g/mol. The van der Waals surface area contributed by atoms with Crippen molar-refractivity contribution in [2.24, 2.45) is 17.8 Å². The van der Waals surface area contributed by atoms with Crippen LogP contribution in [0.15, 0.2) is 0 Å². The standard InChI is InChI=1S/C17H36N2/c1-6-19-9-7-16(8-10-19)13-18-17(11-14(2)3)12-15(4)5/h14-18H,6-13H2,1-5H3. The Morgan fingerprint density at radius 2 is 1.53 bits per heavy atom. The maximum absolute atomic E-state index is 3.87. The number of hydrogen-bond donors (Lipinski definition) is 1. The first-order chi connectivity index (χ1) is 9.01. The van der Waals surface area contributed by atoms with Crippen LogP contribution in [0, 0.1) is 17.8 Å². The summed E-state index contributed by atoms with van der Waals surface area (Å²) in [5.74, 6) is 2.51. The van der Waals surface area contributed by atoms with E-state index in [2.05, 4.69) is 44.8 Å². The highest BCUT2D eigenvalue weighted by molar-refractivity contribution is 4.77. The average molecular weight is 268 g/mol. The number of rotatable bonds is 8. The maximum Gasteiger partial charge on any atom is 0.00720 e. The van der Waals surface area contributed by atoms with E-state index in [-0.39, 0.29) is 0 Å². The Morgan fingerprint density at radius 1 is 1.00 bits per heavy atom. The fourth-order valence-electron chi connectivity index (χ4n) is 3.24. The second kappa shape index (κ2) is 8.97. The zero-order valence-corrected chi connectivity index (χ0v) is 13.9. The normalized spacial score (nSPS) is 18.9. The smallest absolute Gasteiger partial charge is 0.00720 e. The molecule has 1 aliphatic rings. The van der Waals surface area contributed by atoms with Crippen molar-refractivity contribution < 1.29 is 0 Å². The van der Waals surface area contributed by atoms with Crippen LogP contribution in [0.5, 0.6) is 0 Å². The van der Waals surface area contributed by atoms with Crippen molar-refractivity contribution in [2.45, 2.75) is 66.3 Å². The summed E-state index contributed by atoms with van der Waals surface area (Å²) in [5.41, 5.74) is 0. The summed E-state index contributed by atoms with van der Waals surface area (Å²) >= 11 is 0. The minimum atomic E-state index is 0.726. The number of likely N-dealkylation sites (tertiary alicyclic amines) is 1. The van der Waals surface area contributed by atoms with E-state index in [1.807, 2.05) is 0 Å². The van der Waals surface area contributed by atoms with E-state index in [9.17, 15) is 0 Å². The topological polar surface area (TPSA) is 15.3 Å². The van der Waals surface area contributed by atoms with Crippen LogP contribution in [0.25, 0.3) is 0 Å². The molecule has 2 nitrogen and oxygen atoms in total. The van der Waals surface area contributed by atoms with Crippen molar-refractivity contribution in [1.82, 2.24) is 10.2 Å². The van der Waals surface area contributed by atoms with Crippen molar-refractivity contribution in [3.05, 3.63) is 0 Å². The quantitative estimate of drug-likeness (QED) is 0.721. The van der Waals surface area contributed by atoms with Gasteiger partial charge in [-0.25, -0.2) is 0 Å². The van der Waals surface area contributed by atoms with Gasteiger partial charge in [0.05, 0.1) is 0 Å². The molecule has 1 heterocycles. The largest absolute Gasteiger partial charge is 0.314 e.